The summed E-state index contributed by atoms with van der Waals surface area (Å²) in [6, 6.07) is 19.6. The summed E-state index contributed by atoms with van der Waals surface area (Å²) in [5, 5.41) is 0. The van der Waals surface area contributed by atoms with Crippen LogP contribution in [0.3, 0.4) is 0 Å². The van der Waals surface area contributed by atoms with Crippen molar-refractivity contribution in [2.45, 2.75) is 166 Å². The minimum Gasteiger partial charge on any atom is -0.0808 e. The van der Waals surface area contributed by atoms with E-state index in [0.29, 0.717) is 23.7 Å². The number of allylic oxidation sites excluding steroid dienone is 8. The van der Waals surface area contributed by atoms with Crippen molar-refractivity contribution < 1.29 is 0 Å². The number of hydrogen-bond acceptors (Lipinski definition) is 0. The van der Waals surface area contributed by atoms with Crippen molar-refractivity contribution in [2.75, 3.05) is 0 Å². The van der Waals surface area contributed by atoms with Crippen molar-refractivity contribution in [1.29, 1.82) is 0 Å². The molecule has 0 amide bonds. The Kier molecular flexibility index (Phi) is 11.3. The van der Waals surface area contributed by atoms with Crippen molar-refractivity contribution in [1.82, 2.24) is 0 Å². The Labute approximate surface area is 338 Å². The molecular formula is C54H76Si. The molecule has 1 heteroatoms. The van der Waals surface area contributed by atoms with Crippen LogP contribution < -0.4 is 0 Å². The van der Waals surface area contributed by atoms with Gasteiger partial charge in [0.05, 0.1) is 8.07 Å². The monoisotopic (exact) mass is 753 g/mol. The Morgan fingerprint density at radius 1 is 0.509 bits per heavy atom. The summed E-state index contributed by atoms with van der Waals surface area (Å²) in [6.07, 6.45) is 36.1. The van der Waals surface area contributed by atoms with Crippen molar-refractivity contribution in [3.05, 3.63) is 107 Å². The molecule has 55 heavy (non-hydrogen) atoms. The highest BCUT2D eigenvalue weighted by Gasteiger charge is 2.59. The van der Waals surface area contributed by atoms with Gasteiger partial charge >= 0.3 is 0 Å². The van der Waals surface area contributed by atoms with Crippen LogP contribution in [0.1, 0.15) is 154 Å². The highest BCUT2D eigenvalue weighted by atomic mass is 28.3. The second-order valence-electron chi connectivity index (χ2n) is 22.4. The van der Waals surface area contributed by atoms with Gasteiger partial charge in [-0.25, -0.2) is 0 Å². The second kappa shape index (κ2) is 15.8. The topological polar surface area (TPSA) is 0 Å². The summed E-state index contributed by atoms with van der Waals surface area (Å²) in [5.41, 5.74) is 11.3. The zero-order chi connectivity index (χ0) is 38.5. The van der Waals surface area contributed by atoms with Crippen molar-refractivity contribution in [2.24, 2.45) is 47.3 Å². The van der Waals surface area contributed by atoms with E-state index >= 15 is 0 Å². The van der Waals surface area contributed by atoms with Crippen LogP contribution in [0, 0.1) is 47.3 Å². The second-order valence-corrected chi connectivity index (χ2v) is 27.4. The molecule has 0 nitrogen and oxygen atoms in total. The lowest BCUT2D eigenvalue weighted by Crippen LogP contribution is -2.47. The van der Waals surface area contributed by atoms with Crippen LogP contribution >= 0.6 is 0 Å². The van der Waals surface area contributed by atoms with Gasteiger partial charge in [-0.3, -0.25) is 0 Å². The normalized spacial score (nSPS) is 31.9. The highest BCUT2D eigenvalue weighted by Crippen LogP contribution is 2.67. The van der Waals surface area contributed by atoms with Crippen molar-refractivity contribution >= 4 is 19.2 Å². The summed E-state index contributed by atoms with van der Waals surface area (Å²) in [5.74, 6) is 6.35. The molecular weight excluding hydrogens is 677 g/mol. The summed E-state index contributed by atoms with van der Waals surface area (Å²) < 4.78 is 0. The minimum atomic E-state index is -1.83. The van der Waals surface area contributed by atoms with E-state index in [1.165, 1.54) is 112 Å². The van der Waals surface area contributed by atoms with Crippen LogP contribution in [0.15, 0.2) is 85.0 Å². The first-order valence-corrected chi connectivity index (χ1v) is 26.4. The quantitative estimate of drug-likeness (QED) is 0.236. The van der Waals surface area contributed by atoms with Crippen LogP contribution in [0.4, 0.5) is 0 Å². The Hall–Kier alpha value is -2.38. The van der Waals surface area contributed by atoms with Gasteiger partial charge in [0.1, 0.15) is 0 Å². The van der Waals surface area contributed by atoms with Gasteiger partial charge in [0, 0.05) is 0 Å². The smallest absolute Gasteiger partial charge is 0.0553 e. The predicted octanol–water partition coefficient (Wildman–Crippen LogP) is 15.8. The molecule has 0 spiro atoms. The average Bonchev–Trinajstić information content (AvgIpc) is 3.74. The molecule has 8 atom stereocenters. The van der Waals surface area contributed by atoms with Gasteiger partial charge < -0.3 is 0 Å². The summed E-state index contributed by atoms with van der Waals surface area (Å²) >= 11 is 0. The molecule has 0 aliphatic heterocycles. The number of benzene rings is 2. The highest BCUT2D eigenvalue weighted by molar-refractivity contribution is 6.80. The van der Waals surface area contributed by atoms with Gasteiger partial charge in [0.25, 0.3) is 0 Å². The van der Waals surface area contributed by atoms with E-state index in [1.807, 2.05) is 0 Å². The van der Waals surface area contributed by atoms with Crippen LogP contribution in [-0.2, 0) is 10.8 Å². The van der Waals surface area contributed by atoms with Gasteiger partial charge in [-0.15, -0.1) is 0 Å². The molecule has 2 aromatic carbocycles. The fourth-order valence-electron chi connectivity index (χ4n) is 14.0. The van der Waals surface area contributed by atoms with Gasteiger partial charge in [-0.2, -0.15) is 0 Å². The van der Waals surface area contributed by atoms with E-state index in [9.17, 15) is 0 Å². The standard InChI is InChI=1S/C54H76Si/c1-53(2,3)43-29-25-39(26-30-43)45-21-15-23-47-49(45)35-41(33-37-17-11-9-12-18-37)51(47)55(7,8)52-42(34-38-19-13-10-14-20-38)36-50-46(22-16-24-48(50)52)40-27-31-44(32-28-40)54(4,5)6/h15-16,21-32,37-38,41-42,47-52H,9-14,17-20,33-36H2,1-8H3. The van der Waals surface area contributed by atoms with Gasteiger partial charge in [-0.1, -0.05) is 204 Å². The van der Waals surface area contributed by atoms with Crippen LogP contribution in [0.2, 0.25) is 24.2 Å². The maximum atomic E-state index is 2.95. The van der Waals surface area contributed by atoms with E-state index in [2.05, 4.69) is 140 Å². The molecule has 8 unspecified atom stereocenters. The lowest BCUT2D eigenvalue weighted by Gasteiger charge is -2.48. The fourth-order valence-corrected chi connectivity index (χ4v) is 20.0. The zero-order valence-electron chi connectivity index (χ0n) is 36.3. The van der Waals surface area contributed by atoms with E-state index in [-0.39, 0.29) is 10.8 Å². The summed E-state index contributed by atoms with van der Waals surface area (Å²) in [4.78, 5) is 0. The number of fused-ring (bicyclic) bond motifs is 2. The molecule has 296 valence electrons. The Bertz CT molecular complexity index is 1610. The molecule has 0 aromatic heterocycles. The molecule has 2 aromatic rings. The van der Waals surface area contributed by atoms with E-state index < -0.39 is 8.07 Å². The minimum absolute atomic E-state index is 0.187. The van der Waals surface area contributed by atoms with Gasteiger partial charge in [-0.05, 0) is 128 Å². The molecule has 0 bridgehead atoms. The van der Waals surface area contributed by atoms with E-state index in [1.54, 1.807) is 11.1 Å². The average molecular weight is 753 g/mol. The number of hydrogen-bond donors (Lipinski definition) is 0. The molecule has 6 aliphatic carbocycles. The maximum Gasteiger partial charge on any atom is 0.0553 e. The third-order valence-corrected chi connectivity index (χ3v) is 21.7. The van der Waals surface area contributed by atoms with Gasteiger partial charge in [0.2, 0.25) is 0 Å². The molecule has 4 saturated carbocycles. The predicted molar refractivity (Wildman–Crippen MR) is 242 cm³/mol. The first kappa shape index (κ1) is 39.4. The molecule has 0 saturated heterocycles. The SMILES string of the molecule is CC(C)(C)c1ccc(C2=CC=CC3C2CC(CC2CCCCC2)C3[Si](C)(C)C2C(CC3CCCCC3)CC3C(c4ccc(C(C)(C)C)cc4)=CC=CC32)cc1. The first-order valence-electron chi connectivity index (χ1n) is 23.3. The molecule has 0 N–H and O–H groups in total. The van der Waals surface area contributed by atoms with Crippen LogP contribution in [0.5, 0.6) is 0 Å². The largest absolute Gasteiger partial charge is 0.0808 e. The molecule has 6 aliphatic rings. The van der Waals surface area contributed by atoms with Crippen molar-refractivity contribution in [3.63, 3.8) is 0 Å². The van der Waals surface area contributed by atoms with E-state index in [4.69, 9.17) is 0 Å². The zero-order valence-corrected chi connectivity index (χ0v) is 37.3. The first-order chi connectivity index (χ1) is 26.3. The molecule has 0 radical (unpaired) electrons. The summed E-state index contributed by atoms with van der Waals surface area (Å²) in [6.45, 7) is 20.0. The molecule has 4 fully saturated rings. The lowest BCUT2D eigenvalue weighted by molar-refractivity contribution is 0.275. The van der Waals surface area contributed by atoms with E-state index in [0.717, 1.165) is 34.8 Å². The molecule has 8 rings (SSSR count). The Balaban J connectivity index is 1.15. The van der Waals surface area contributed by atoms with Crippen LogP contribution in [-0.4, -0.2) is 8.07 Å². The maximum absolute atomic E-state index is 2.95. The number of rotatable bonds is 8. The Morgan fingerprint density at radius 3 is 1.22 bits per heavy atom. The fraction of sp³-hybridized carbons (Fsp3) is 0.630. The third kappa shape index (κ3) is 8.05. The van der Waals surface area contributed by atoms with Crippen LogP contribution in [0.25, 0.3) is 11.1 Å². The Morgan fingerprint density at radius 2 is 0.873 bits per heavy atom. The van der Waals surface area contributed by atoms with Crippen molar-refractivity contribution in [3.8, 4) is 0 Å². The summed E-state index contributed by atoms with van der Waals surface area (Å²) in [7, 11) is -1.83. The van der Waals surface area contributed by atoms with Gasteiger partial charge in [0.15, 0.2) is 0 Å². The lowest BCUT2D eigenvalue weighted by atomic mass is 9.79. The third-order valence-electron chi connectivity index (χ3n) is 16.5. The molecule has 0 heterocycles.